The molecule has 6 heteroatoms. The maximum Gasteiger partial charge on any atom is 0.311 e. The molecule has 1 aromatic heterocycles. The molecule has 0 aliphatic heterocycles. The predicted molar refractivity (Wildman–Crippen MR) is 64.1 cm³/mol. The molecule has 2 atom stereocenters. The van der Waals surface area contributed by atoms with Gasteiger partial charge in [-0.1, -0.05) is 18.0 Å². The zero-order chi connectivity index (χ0) is 11.8. The topological polar surface area (TPSA) is 62.2 Å². The second kappa shape index (κ2) is 4.22. The number of aromatic nitrogens is 1. The third-order valence-corrected chi connectivity index (χ3v) is 4.32. The minimum atomic E-state index is -0.745. The number of thiazole rings is 1. The number of rotatable bonds is 3. The van der Waals surface area contributed by atoms with Gasteiger partial charge in [0.2, 0.25) is 0 Å². The maximum absolute atomic E-state index is 11.2. The van der Waals surface area contributed by atoms with Crippen LogP contribution in [0.4, 0.5) is 5.13 Å². The number of carboxylic acid groups (broad SMARTS) is 1. The third-order valence-electron chi connectivity index (χ3n) is 3.22. The standard InChI is InChI=1S/C10H13ClN2O2S/c1-10(8(14)15)4-2-3-6(10)12-9-13-7(11)5-16-9/h5-6H,2-4H2,1H3,(H,12,13)(H,14,15). The molecule has 1 fully saturated rings. The molecule has 16 heavy (non-hydrogen) atoms. The first-order valence-electron chi connectivity index (χ1n) is 5.13. The molecule has 0 spiro atoms. The molecular weight excluding hydrogens is 248 g/mol. The van der Waals surface area contributed by atoms with Crippen LogP contribution >= 0.6 is 22.9 Å². The molecule has 1 aromatic rings. The highest BCUT2D eigenvalue weighted by Gasteiger charge is 2.45. The Hall–Kier alpha value is -0.810. The van der Waals surface area contributed by atoms with Crippen molar-refractivity contribution in [3.8, 4) is 0 Å². The molecule has 2 N–H and O–H groups in total. The number of halogens is 1. The normalized spacial score (nSPS) is 29.2. The van der Waals surface area contributed by atoms with Crippen molar-refractivity contribution in [1.29, 1.82) is 0 Å². The van der Waals surface area contributed by atoms with Gasteiger partial charge in [0.1, 0.15) is 5.15 Å². The van der Waals surface area contributed by atoms with E-state index in [1.807, 2.05) is 0 Å². The summed E-state index contributed by atoms with van der Waals surface area (Å²) in [6.45, 7) is 1.79. The predicted octanol–water partition coefficient (Wildman–Crippen LogP) is 2.85. The van der Waals surface area contributed by atoms with Gasteiger partial charge in [-0.3, -0.25) is 4.79 Å². The summed E-state index contributed by atoms with van der Waals surface area (Å²) < 4.78 is 0. The van der Waals surface area contributed by atoms with Gasteiger partial charge in [-0.2, -0.15) is 0 Å². The highest BCUT2D eigenvalue weighted by atomic mass is 35.5. The Morgan fingerprint density at radius 3 is 3.12 bits per heavy atom. The zero-order valence-electron chi connectivity index (χ0n) is 8.86. The molecule has 0 bridgehead atoms. The van der Waals surface area contributed by atoms with E-state index in [1.54, 1.807) is 12.3 Å². The van der Waals surface area contributed by atoms with Crippen LogP contribution in [-0.2, 0) is 4.79 Å². The number of anilines is 1. The number of carbonyl (C=O) groups is 1. The van der Waals surface area contributed by atoms with E-state index in [0.29, 0.717) is 16.7 Å². The Labute approximate surface area is 103 Å². The van der Waals surface area contributed by atoms with E-state index >= 15 is 0 Å². The fraction of sp³-hybridized carbons (Fsp3) is 0.600. The van der Waals surface area contributed by atoms with Crippen LogP contribution in [0.1, 0.15) is 26.2 Å². The molecule has 2 rings (SSSR count). The largest absolute Gasteiger partial charge is 0.481 e. The highest BCUT2D eigenvalue weighted by molar-refractivity contribution is 7.14. The molecular formula is C10H13ClN2O2S. The van der Waals surface area contributed by atoms with Gasteiger partial charge in [-0.15, -0.1) is 11.3 Å². The molecule has 1 heterocycles. The van der Waals surface area contributed by atoms with Gasteiger partial charge in [-0.05, 0) is 19.8 Å². The summed E-state index contributed by atoms with van der Waals surface area (Å²) in [5, 5.41) is 15.3. The van der Waals surface area contributed by atoms with Crippen LogP contribution in [0, 0.1) is 5.41 Å². The van der Waals surface area contributed by atoms with Crippen molar-refractivity contribution in [2.45, 2.75) is 32.2 Å². The Balaban J connectivity index is 2.12. The van der Waals surface area contributed by atoms with E-state index < -0.39 is 11.4 Å². The summed E-state index contributed by atoms with van der Waals surface area (Å²) >= 11 is 7.12. The lowest BCUT2D eigenvalue weighted by molar-refractivity contribution is -0.147. The van der Waals surface area contributed by atoms with Gasteiger partial charge in [0.05, 0.1) is 5.41 Å². The van der Waals surface area contributed by atoms with Crippen LogP contribution < -0.4 is 5.32 Å². The number of hydrogen-bond acceptors (Lipinski definition) is 4. The average Bonchev–Trinajstić information content (AvgIpc) is 2.76. The van der Waals surface area contributed by atoms with Gasteiger partial charge in [0.25, 0.3) is 0 Å². The number of carboxylic acids is 1. The van der Waals surface area contributed by atoms with Gasteiger partial charge >= 0.3 is 5.97 Å². The van der Waals surface area contributed by atoms with E-state index in [0.717, 1.165) is 12.8 Å². The summed E-state index contributed by atoms with van der Waals surface area (Å²) in [6, 6.07) is -0.0628. The minimum absolute atomic E-state index is 0.0628. The van der Waals surface area contributed by atoms with Crippen molar-refractivity contribution in [2.75, 3.05) is 5.32 Å². The molecule has 0 saturated heterocycles. The molecule has 4 nitrogen and oxygen atoms in total. The molecule has 1 saturated carbocycles. The summed E-state index contributed by atoms with van der Waals surface area (Å²) in [5.74, 6) is -0.745. The lowest BCUT2D eigenvalue weighted by Crippen LogP contribution is -2.40. The molecule has 0 amide bonds. The van der Waals surface area contributed by atoms with Crippen LogP contribution in [0.3, 0.4) is 0 Å². The first-order valence-corrected chi connectivity index (χ1v) is 6.39. The quantitative estimate of drug-likeness (QED) is 0.877. The second-order valence-electron chi connectivity index (χ2n) is 4.29. The Morgan fingerprint density at radius 2 is 2.56 bits per heavy atom. The smallest absolute Gasteiger partial charge is 0.311 e. The van der Waals surface area contributed by atoms with Crippen molar-refractivity contribution >= 4 is 34.0 Å². The molecule has 0 radical (unpaired) electrons. The van der Waals surface area contributed by atoms with Crippen LogP contribution in [0.25, 0.3) is 0 Å². The van der Waals surface area contributed by atoms with Crippen LogP contribution in [0.15, 0.2) is 5.38 Å². The number of nitrogens with one attached hydrogen (secondary N) is 1. The van der Waals surface area contributed by atoms with E-state index in [2.05, 4.69) is 10.3 Å². The maximum atomic E-state index is 11.2. The SMILES string of the molecule is CC1(C(=O)O)CCCC1Nc1nc(Cl)cs1. The fourth-order valence-electron chi connectivity index (χ4n) is 2.12. The minimum Gasteiger partial charge on any atom is -0.481 e. The fourth-order valence-corrected chi connectivity index (χ4v) is 3.01. The van der Waals surface area contributed by atoms with Gasteiger partial charge in [0.15, 0.2) is 5.13 Å². The van der Waals surface area contributed by atoms with Crippen molar-refractivity contribution in [3.63, 3.8) is 0 Å². The lowest BCUT2D eigenvalue weighted by Gasteiger charge is -2.27. The van der Waals surface area contributed by atoms with E-state index in [-0.39, 0.29) is 6.04 Å². The summed E-state index contributed by atoms with van der Waals surface area (Å²) in [4.78, 5) is 15.3. The Bertz CT molecular complexity index is 409. The molecule has 2 unspecified atom stereocenters. The van der Waals surface area contributed by atoms with E-state index in [4.69, 9.17) is 11.6 Å². The van der Waals surface area contributed by atoms with Crippen molar-refractivity contribution < 1.29 is 9.90 Å². The van der Waals surface area contributed by atoms with Gasteiger partial charge < -0.3 is 10.4 Å². The second-order valence-corrected chi connectivity index (χ2v) is 5.53. The molecule has 1 aliphatic carbocycles. The third kappa shape index (κ3) is 2.01. The summed E-state index contributed by atoms with van der Waals surface area (Å²) in [5.41, 5.74) is -0.696. The molecule has 1 aliphatic rings. The molecule has 88 valence electrons. The van der Waals surface area contributed by atoms with E-state index in [9.17, 15) is 9.90 Å². The number of hydrogen-bond donors (Lipinski definition) is 2. The monoisotopic (exact) mass is 260 g/mol. The van der Waals surface area contributed by atoms with E-state index in [1.165, 1.54) is 11.3 Å². The van der Waals surface area contributed by atoms with Crippen molar-refractivity contribution in [3.05, 3.63) is 10.5 Å². The first-order chi connectivity index (χ1) is 7.52. The average molecular weight is 261 g/mol. The van der Waals surface area contributed by atoms with Crippen LogP contribution in [-0.4, -0.2) is 22.1 Å². The first kappa shape index (κ1) is 11.7. The van der Waals surface area contributed by atoms with Gasteiger partial charge in [0, 0.05) is 11.4 Å². The summed E-state index contributed by atoms with van der Waals surface area (Å²) in [6.07, 6.45) is 2.50. The van der Waals surface area contributed by atoms with Crippen LogP contribution in [0.2, 0.25) is 5.15 Å². The lowest BCUT2D eigenvalue weighted by atomic mass is 9.85. The van der Waals surface area contributed by atoms with Crippen LogP contribution in [0.5, 0.6) is 0 Å². The summed E-state index contributed by atoms with van der Waals surface area (Å²) in [7, 11) is 0. The number of aliphatic carboxylic acids is 1. The van der Waals surface area contributed by atoms with Gasteiger partial charge in [-0.25, -0.2) is 4.98 Å². The number of nitrogens with zero attached hydrogens (tertiary/aromatic N) is 1. The Morgan fingerprint density at radius 1 is 1.81 bits per heavy atom. The van der Waals surface area contributed by atoms with Crippen molar-refractivity contribution in [1.82, 2.24) is 4.98 Å². The zero-order valence-corrected chi connectivity index (χ0v) is 10.4. The Kier molecular flexibility index (Phi) is 3.08. The molecule has 0 aromatic carbocycles. The van der Waals surface area contributed by atoms with Crippen molar-refractivity contribution in [2.24, 2.45) is 5.41 Å². The highest BCUT2D eigenvalue weighted by Crippen LogP contribution is 2.40.